The van der Waals surface area contributed by atoms with Crippen LogP contribution in [0.2, 0.25) is 0 Å². The van der Waals surface area contributed by atoms with Crippen molar-refractivity contribution in [2.45, 2.75) is 65.0 Å². The zero-order chi connectivity index (χ0) is 15.3. The number of aliphatic carboxylic acids is 1. The van der Waals surface area contributed by atoms with Gasteiger partial charge in [-0.25, -0.2) is 4.79 Å². The Morgan fingerprint density at radius 1 is 1.30 bits per heavy atom. The number of hydrogen-bond acceptors (Lipinski definition) is 3. The third-order valence-electron chi connectivity index (χ3n) is 3.79. The van der Waals surface area contributed by atoms with E-state index in [9.17, 15) is 14.4 Å². The molecule has 0 aromatic rings. The highest BCUT2D eigenvalue weighted by molar-refractivity contribution is 5.94. The molecule has 0 bridgehead atoms. The minimum Gasteiger partial charge on any atom is -0.481 e. The van der Waals surface area contributed by atoms with Gasteiger partial charge in [0.2, 0.25) is 5.91 Å². The van der Waals surface area contributed by atoms with Gasteiger partial charge in [-0.3, -0.25) is 14.9 Å². The summed E-state index contributed by atoms with van der Waals surface area (Å²) in [6.45, 7) is 5.69. The average molecular weight is 284 g/mol. The van der Waals surface area contributed by atoms with E-state index in [0.717, 1.165) is 19.3 Å². The number of rotatable bonds is 5. The molecule has 0 aliphatic carbocycles. The number of nitrogens with zero attached hydrogens (tertiary/aromatic N) is 1. The van der Waals surface area contributed by atoms with Gasteiger partial charge in [0.1, 0.15) is 0 Å². The van der Waals surface area contributed by atoms with E-state index in [1.54, 1.807) is 11.8 Å². The molecule has 1 rings (SSSR count). The Bertz CT molecular complexity index is 383. The maximum Gasteiger partial charge on any atom is 0.324 e. The SMILES string of the molecule is CCC1CCC(C)N1C(=O)NC(=O)CC(C)CC(=O)O. The lowest BCUT2D eigenvalue weighted by Crippen LogP contribution is -2.48. The Hall–Kier alpha value is -1.59. The highest BCUT2D eigenvalue weighted by Crippen LogP contribution is 2.25. The first-order valence-corrected chi connectivity index (χ1v) is 7.19. The molecule has 1 saturated heterocycles. The molecule has 3 amide bonds. The fraction of sp³-hybridized carbons (Fsp3) is 0.786. The van der Waals surface area contributed by atoms with Crippen LogP contribution in [0, 0.1) is 5.92 Å². The molecule has 1 fully saturated rings. The smallest absolute Gasteiger partial charge is 0.324 e. The van der Waals surface area contributed by atoms with Crippen LogP contribution in [0.25, 0.3) is 0 Å². The van der Waals surface area contributed by atoms with Gasteiger partial charge in [-0.15, -0.1) is 0 Å². The maximum absolute atomic E-state index is 12.1. The summed E-state index contributed by atoms with van der Waals surface area (Å²) in [6, 6.07) is -0.0205. The molecule has 3 atom stereocenters. The highest BCUT2D eigenvalue weighted by Gasteiger charge is 2.33. The number of carbonyl (C=O) groups excluding carboxylic acids is 2. The summed E-state index contributed by atoms with van der Waals surface area (Å²) in [5, 5.41) is 11.0. The molecule has 1 aliphatic heterocycles. The van der Waals surface area contributed by atoms with Gasteiger partial charge in [-0.2, -0.15) is 0 Å². The van der Waals surface area contributed by atoms with E-state index in [2.05, 4.69) is 5.32 Å². The topological polar surface area (TPSA) is 86.7 Å². The Morgan fingerprint density at radius 2 is 1.95 bits per heavy atom. The van der Waals surface area contributed by atoms with Gasteiger partial charge in [0.05, 0.1) is 0 Å². The number of amides is 3. The van der Waals surface area contributed by atoms with Crippen molar-refractivity contribution in [3.63, 3.8) is 0 Å². The van der Waals surface area contributed by atoms with E-state index < -0.39 is 11.9 Å². The van der Waals surface area contributed by atoms with Crippen LogP contribution in [0.15, 0.2) is 0 Å². The Morgan fingerprint density at radius 3 is 2.50 bits per heavy atom. The Balaban J connectivity index is 2.48. The predicted octanol–water partition coefficient (Wildman–Crippen LogP) is 1.99. The summed E-state index contributed by atoms with van der Waals surface area (Å²) in [4.78, 5) is 36.1. The Kier molecular flexibility index (Phi) is 5.98. The number of carboxylic acids is 1. The number of carbonyl (C=O) groups is 3. The predicted molar refractivity (Wildman–Crippen MR) is 74.2 cm³/mol. The van der Waals surface area contributed by atoms with Crippen LogP contribution >= 0.6 is 0 Å². The molecule has 1 heterocycles. The van der Waals surface area contributed by atoms with E-state index >= 15 is 0 Å². The number of imide groups is 1. The van der Waals surface area contributed by atoms with Crippen molar-refractivity contribution in [1.82, 2.24) is 10.2 Å². The monoisotopic (exact) mass is 284 g/mol. The van der Waals surface area contributed by atoms with Crippen molar-refractivity contribution in [3.8, 4) is 0 Å². The molecule has 0 saturated carbocycles. The van der Waals surface area contributed by atoms with Crippen LogP contribution in [-0.4, -0.2) is 40.0 Å². The number of likely N-dealkylation sites (tertiary alicyclic amines) is 1. The average Bonchev–Trinajstić information content (AvgIpc) is 2.68. The van der Waals surface area contributed by atoms with Crippen molar-refractivity contribution < 1.29 is 19.5 Å². The summed E-state index contributed by atoms with van der Waals surface area (Å²) in [5.74, 6) is -1.62. The fourth-order valence-electron chi connectivity index (χ4n) is 2.76. The number of urea groups is 1. The molecular formula is C14H24N2O4. The summed E-state index contributed by atoms with van der Waals surface area (Å²) >= 11 is 0. The van der Waals surface area contributed by atoms with Crippen LogP contribution in [-0.2, 0) is 9.59 Å². The van der Waals surface area contributed by atoms with Gasteiger partial charge in [0.25, 0.3) is 0 Å². The quantitative estimate of drug-likeness (QED) is 0.808. The molecule has 3 unspecified atom stereocenters. The number of hydrogen-bond donors (Lipinski definition) is 2. The Labute approximate surface area is 119 Å². The molecule has 0 spiro atoms. The summed E-state index contributed by atoms with van der Waals surface area (Å²) in [7, 11) is 0. The largest absolute Gasteiger partial charge is 0.481 e. The van der Waals surface area contributed by atoms with E-state index in [-0.39, 0.29) is 36.9 Å². The number of nitrogens with one attached hydrogen (secondary N) is 1. The van der Waals surface area contributed by atoms with Gasteiger partial charge in [-0.1, -0.05) is 13.8 Å². The van der Waals surface area contributed by atoms with Crippen molar-refractivity contribution in [2.24, 2.45) is 5.92 Å². The summed E-state index contributed by atoms with van der Waals surface area (Å²) in [6.07, 6.45) is 2.78. The van der Waals surface area contributed by atoms with E-state index in [4.69, 9.17) is 5.11 Å². The van der Waals surface area contributed by atoms with Crippen LogP contribution in [0.1, 0.15) is 52.9 Å². The van der Waals surface area contributed by atoms with Crippen LogP contribution in [0.4, 0.5) is 4.79 Å². The fourth-order valence-corrected chi connectivity index (χ4v) is 2.76. The number of carboxylic acid groups (broad SMARTS) is 1. The lowest BCUT2D eigenvalue weighted by Gasteiger charge is -2.27. The molecule has 0 aromatic heterocycles. The van der Waals surface area contributed by atoms with Gasteiger partial charge in [0, 0.05) is 24.9 Å². The van der Waals surface area contributed by atoms with Crippen molar-refractivity contribution >= 4 is 17.9 Å². The molecule has 6 heteroatoms. The molecule has 20 heavy (non-hydrogen) atoms. The second-order valence-electron chi connectivity index (χ2n) is 5.66. The van der Waals surface area contributed by atoms with Gasteiger partial charge in [-0.05, 0) is 32.1 Å². The van der Waals surface area contributed by atoms with Crippen LogP contribution < -0.4 is 5.32 Å². The minimum atomic E-state index is -0.934. The molecule has 0 radical (unpaired) electrons. The van der Waals surface area contributed by atoms with Gasteiger partial charge in [0.15, 0.2) is 0 Å². The van der Waals surface area contributed by atoms with E-state index in [1.807, 2.05) is 13.8 Å². The van der Waals surface area contributed by atoms with Crippen molar-refractivity contribution in [3.05, 3.63) is 0 Å². The molecule has 114 valence electrons. The zero-order valence-corrected chi connectivity index (χ0v) is 12.4. The van der Waals surface area contributed by atoms with Crippen LogP contribution in [0.5, 0.6) is 0 Å². The molecular weight excluding hydrogens is 260 g/mol. The minimum absolute atomic E-state index is 0.0526. The molecule has 1 aliphatic rings. The first-order valence-electron chi connectivity index (χ1n) is 7.19. The molecule has 2 N–H and O–H groups in total. The molecule has 6 nitrogen and oxygen atoms in total. The maximum atomic E-state index is 12.1. The highest BCUT2D eigenvalue weighted by atomic mass is 16.4. The normalized spacial score (nSPS) is 23.4. The summed E-state index contributed by atoms with van der Waals surface area (Å²) in [5.41, 5.74) is 0. The van der Waals surface area contributed by atoms with E-state index in [1.165, 1.54) is 0 Å². The third kappa shape index (κ3) is 4.51. The first kappa shape index (κ1) is 16.5. The second kappa shape index (κ2) is 7.26. The zero-order valence-electron chi connectivity index (χ0n) is 12.4. The lowest BCUT2D eigenvalue weighted by atomic mass is 10.0. The van der Waals surface area contributed by atoms with Crippen molar-refractivity contribution in [2.75, 3.05) is 0 Å². The standard InChI is InChI=1S/C14H24N2O4/c1-4-11-6-5-10(3)16(11)14(20)15-12(17)7-9(2)8-13(18)19/h9-11H,4-8H2,1-3H3,(H,18,19)(H,15,17,20). The lowest BCUT2D eigenvalue weighted by molar-refractivity contribution is -0.138. The second-order valence-corrected chi connectivity index (χ2v) is 5.66. The van der Waals surface area contributed by atoms with Crippen molar-refractivity contribution in [1.29, 1.82) is 0 Å². The van der Waals surface area contributed by atoms with Gasteiger partial charge >= 0.3 is 12.0 Å². The molecule has 0 aromatic carbocycles. The summed E-state index contributed by atoms with van der Waals surface area (Å²) < 4.78 is 0. The third-order valence-corrected chi connectivity index (χ3v) is 3.79. The first-order chi connectivity index (χ1) is 9.35. The van der Waals surface area contributed by atoms with Gasteiger partial charge < -0.3 is 10.0 Å². The van der Waals surface area contributed by atoms with E-state index in [0.29, 0.717) is 0 Å². The van der Waals surface area contributed by atoms with Crippen LogP contribution in [0.3, 0.4) is 0 Å².